The molecular weight excluding hydrogens is 681 g/mol. The molecule has 0 saturated heterocycles. The number of nitrogens with one attached hydrogen (secondary N) is 2. The maximum absolute atomic E-state index is 14.5. The summed E-state index contributed by atoms with van der Waals surface area (Å²) in [5, 5.41) is 18.0. The Bertz CT molecular complexity index is 1950. The van der Waals surface area contributed by atoms with E-state index in [1.54, 1.807) is 54.3 Å². The average Bonchev–Trinajstić information content (AvgIpc) is 3.13. The fourth-order valence-corrected chi connectivity index (χ4v) is 7.51. The third-order valence-electron chi connectivity index (χ3n) is 9.51. The van der Waals surface area contributed by atoms with Gasteiger partial charge in [0, 0.05) is 43.7 Å². The molecule has 4 atom stereocenters. The number of rotatable bonds is 8. The zero-order valence-corrected chi connectivity index (χ0v) is 31.4. The molecule has 1 heterocycles. The van der Waals surface area contributed by atoms with Crippen LogP contribution in [0.4, 0.5) is 16.2 Å². The first-order valence-corrected chi connectivity index (χ1v) is 19.2. The highest BCUT2D eigenvalue weighted by Gasteiger charge is 2.32. The van der Waals surface area contributed by atoms with Crippen LogP contribution in [0, 0.1) is 12.8 Å². The highest BCUT2D eigenvalue weighted by Crippen LogP contribution is 2.30. The average molecular weight is 731 g/mol. The van der Waals surface area contributed by atoms with Gasteiger partial charge in [-0.25, -0.2) is 13.2 Å². The van der Waals surface area contributed by atoms with Crippen LogP contribution in [0.25, 0.3) is 10.8 Å². The number of nitrogens with zero attached hydrogens (tertiary/aromatic N) is 2. The summed E-state index contributed by atoms with van der Waals surface area (Å²) in [6.07, 6.45) is 1.46. The maximum Gasteiger partial charge on any atom is 0.323 e. The summed E-state index contributed by atoms with van der Waals surface area (Å²) in [5.41, 5.74) is 2.22. The Morgan fingerprint density at radius 3 is 2.48 bits per heavy atom. The molecule has 52 heavy (non-hydrogen) atoms. The van der Waals surface area contributed by atoms with E-state index < -0.39 is 34.1 Å². The van der Waals surface area contributed by atoms with Crippen LogP contribution in [0.15, 0.2) is 89.8 Å². The zero-order chi connectivity index (χ0) is 37.4. The van der Waals surface area contributed by atoms with Gasteiger partial charge in [0.15, 0.2) is 0 Å². The number of hydrogen-bond acceptors (Lipinski definition) is 7. The van der Waals surface area contributed by atoms with Gasteiger partial charge in [0.2, 0.25) is 10.0 Å². The van der Waals surface area contributed by atoms with E-state index in [0.717, 1.165) is 29.2 Å². The summed E-state index contributed by atoms with van der Waals surface area (Å²) in [7, 11) is -2.26. The number of aryl methyl sites for hydroxylation is 1. The fraction of sp³-hybridized carbons (Fsp3) is 0.400. The minimum atomic E-state index is -3.80. The Balaban J connectivity index is 1.41. The fourth-order valence-electron chi connectivity index (χ4n) is 6.32. The number of anilines is 2. The minimum absolute atomic E-state index is 0.0723. The molecule has 4 aromatic rings. The van der Waals surface area contributed by atoms with Crippen molar-refractivity contribution in [3.05, 3.63) is 96.1 Å². The first-order chi connectivity index (χ1) is 24.9. The molecule has 0 bridgehead atoms. The van der Waals surface area contributed by atoms with E-state index in [1.807, 2.05) is 63.2 Å². The van der Waals surface area contributed by atoms with Gasteiger partial charge in [-0.1, -0.05) is 61.0 Å². The third-order valence-corrected chi connectivity index (χ3v) is 11.4. The molecule has 0 saturated carbocycles. The molecule has 4 aromatic carbocycles. The van der Waals surface area contributed by atoms with E-state index in [0.29, 0.717) is 30.2 Å². The van der Waals surface area contributed by atoms with Gasteiger partial charge >= 0.3 is 6.03 Å². The second-order valence-electron chi connectivity index (χ2n) is 13.7. The number of carbonyl (C=O) groups excluding carboxylic acids is 2. The van der Waals surface area contributed by atoms with Gasteiger partial charge < -0.3 is 30.1 Å². The summed E-state index contributed by atoms with van der Waals surface area (Å²) in [4.78, 5) is 29.5. The van der Waals surface area contributed by atoms with Crippen LogP contribution in [0.5, 0.6) is 5.75 Å². The first kappa shape index (κ1) is 38.7. The van der Waals surface area contributed by atoms with Crippen molar-refractivity contribution in [1.82, 2.24) is 9.21 Å². The van der Waals surface area contributed by atoms with E-state index in [9.17, 15) is 23.1 Å². The normalized spacial score (nSPS) is 19.7. The minimum Gasteiger partial charge on any atom is -0.490 e. The van der Waals surface area contributed by atoms with E-state index in [-0.39, 0.29) is 42.2 Å². The Labute approximate surface area is 307 Å². The third kappa shape index (κ3) is 9.48. The largest absolute Gasteiger partial charge is 0.490 e. The SMILES string of the molecule is Cc1ccc(S(=O)(=O)N(C)C[C@@H]2OCCCC[C@@H](C)Oc3ccc(NC(=O)Nc4cccc5ccccc45)cc3C(=O)N([C@@H](C)CO)C[C@@H]2C)cc1. The van der Waals surface area contributed by atoms with Crippen molar-refractivity contribution in [2.75, 3.05) is 44.0 Å². The number of amides is 3. The van der Waals surface area contributed by atoms with Crippen LogP contribution < -0.4 is 15.4 Å². The van der Waals surface area contributed by atoms with Gasteiger partial charge in [0.25, 0.3) is 5.91 Å². The molecule has 0 fully saturated rings. The summed E-state index contributed by atoms with van der Waals surface area (Å²) >= 11 is 0. The van der Waals surface area contributed by atoms with Gasteiger partial charge in [-0.05, 0) is 81.8 Å². The number of hydrogen-bond donors (Lipinski definition) is 3. The number of carbonyl (C=O) groups is 2. The molecule has 3 N–H and O–H groups in total. The molecule has 5 rings (SSSR count). The molecule has 0 aliphatic carbocycles. The summed E-state index contributed by atoms with van der Waals surface area (Å²) in [6.45, 7) is 7.86. The molecule has 3 amide bonds. The lowest BCUT2D eigenvalue weighted by Gasteiger charge is -2.35. The Hall–Kier alpha value is -4.49. The zero-order valence-electron chi connectivity index (χ0n) is 30.5. The maximum atomic E-state index is 14.5. The number of fused-ring (bicyclic) bond motifs is 2. The highest BCUT2D eigenvalue weighted by atomic mass is 32.2. The number of sulfonamides is 1. The molecule has 1 aliphatic rings. The molecule has 12 heteroatoms. The first-order valence-electron chi connectivity index (χ1n) is 17.8. The Morgan fingerprint density at radius 1 is 1.00 bits per heavy atom. The lowest BCUT2D eigenvalue weighted by atomic mass is 10.0. The summed E-state index contributed by atoms with van der Waals surface area (Å²) < 4.78 is 41.0. The van der Waals surface area contributed by atoms with Gasteiger partial charge in [-0.3, -0.25) is 4.79 Å². The molecule has 11 nitrogen and oxygen atoms in total. The van der Waals surface area contributed by atoms with Crippen molar-refractivity contribution in [3.8, 4) is 5.75 Å². The summed E-state index contributed by atoms with van der Waals surface area (Å²) in [6, 6.07) is 24.1. The van der Waals surface area contributed by atoms with Crippen LogP contribution in [-0.4, -0.2) is 86.3 Å². The monoisotopic (exact) mass is 730 g/mol. The Morgan fingerprint density at radius 2 is 1.73 bits per heavy atom. The number of benzene rings is 4. The van der Waals surface area contributed by atoms with Crippen LogP contribution >= 0.6 is 0 Å². The van der Waals surface area contributed by atoms with Gasteiger partial charge in [0.05, 0.1) is 41.0 Å². The van der Waals surface area contributed by atoms with Crippen LogP contribution in [0.2, 0.25) is 0 Å². The van der Waals surface area contributed by atoms with E-state index in [4.69, 9.17) is 9.47 Å². The van der Waals surface area contributed by atoms with Crippen molar-refractivity contribution in [2.45, 2.75) is 70.1 Å². The van der Waals surface area contributed by atoms with Crippen molar-refractivity contribution >= 4 is 44.1 Å². The molecule has 0 aromatic heterocycles. The number of urea groups is 1. The predicted octanol–water partition coefficient (Wildman–Crippen LogP) is 6.91. The molecule has 1 aliphatic heterocycles. The van der Waals surface area contributed by atoms with E-state index >= 15 is 0 Å². The van der Waals surface area contributed by atoms with Crippen molar-refractivity contribution in [3.63, 3.8) is 0 Å². The molecule has 0 radical (unpaired) electrons. The lowest BCUT2D eigenvalue weighted by Crippen LogP contribution is -2.48. The predicted molar refractivity (Wildman–Crippen MR) is 204 cm³/mol. The highest BCUT2D eigenvalue weighted by molar-refractivity contribution is 7.89. The molecule has 0 spiro atoms. The smallest absolute Gasteiger partial charge is 0.323 e. The van der Waals surface area contributed by atoms with Crippen molar-refractivity contribution in [1.29, 1.82) is 0 Å². The topological polar surface area (TPSA) is 138 Å². The quantitative estimate of drug-likeness (QED) is 0.179. The van der Waals surface area contributed by atoms with Crippen molar-refractivity contribution < 1.29 is 32.6 Å². The second-order valence-corrected chi connectivity index (χ2v) is 15.8. The van der Waals surface area contributed by atoms with Gasteiger partial charge in [0.1, 0.15) is 5.75 Å². The Kier molecular flexibility index (Phi) is 12.9. The number of aliphatic hydroxyl groups excluding tert-OH is 1. The lowest BCUT2D eigenvalue weighted by molar-refractivity contribution is -0.00833. The number of aliphatic hydroxyl groups is 1. The summed E-state index contributed by atoms with van der Waals surface area (Å²) in [5.74, 6) is -0.355. The van der Waals surface area contributed by atoms with E-state index in [1.165, 1.54) is 11.4 Å². The standard InChI is InChI=1S/C40H50N4O7S/c1-27-16-19-33(20-17-27)52(48,49)43(5)25-38-28(2)24-44(29(3)26-45)39(46)35-23-32(18-21-37(35)51-30(4)11-8-9-22-50-38)41-40(47)42-36-15-10-13-31-12-6-7-14-34(31)36/h6-7,10,12-21,23,28-30,38,45H,8-9,11,22,24-26H2,1-5H3,(H2,41,42,47)/t28-,29-,30+,38-/m0/s1. The van der Waals surface area contributed by atoms with E-state index in [2.05, 4.69) is 10.6 Å². The van der Waals surface area contributed by atoms with Crippen molar-refractivity contribution in [2.24, 2.45) is 5.92 Å². The molecule has 278 valence electrons. The number of likely N-dealkylation sites (N-methyl/N-ethyl adjacent to an activating group) is 1. The van der Waals surface area contributed by atoms with Crippen LogP contribution in [-0.2, 0) is 14.8 Å². The van der Waals surface area contributed by atoms with Gasteiger partial charge in [-0.2, -0.15) is 4.31 Å². The molecular formula is C40H50N4O7S. The molecule has 0 unspecified atom stereocenters. The second kappa shape index (κ2) is 17.4. The van der Waals surface area contributed by atoms with Gasteiger partial charge in [-0.15, -0.1) is 0 Å². The van der Waals surface area contributed by atoms with Crippen LogP contribution in [0.3, 0.4) is 0 Å². The van der Waals surface area contributed by atoms with Crippen LogP contribution in [0.1, 0.15) is 56.0 Å². The number of ether oxygens (including phenoxy) is 2.